The van der Waals surface area contributed by atoms with Gasteiger partial charge in [0.15, 0.2) is 0 Å². The lowest BCUT2D eigenvalue weighted by atomic mass is 10.1. The Morgan fingerprint density at radius 3 is 3.00 bits per heavy atom. The first-order valence-electron chi connectivity index (χ1n) is 5.09. The Morgan fingerprint density at radius 2 is 2.36 bits per heavy atom. The van der Waals surface area contributed by atoms with Crippen LogP contribution in [0.15, 0.2) is 18.3 Å². The van der Waals surface area contributed by atoms with Crippen molar-refractivity contribution in [2.75, 3.05) is 6.61 Å². The summed E-state index contributed by atoms with van der Waals surface area (Å²) in [4.78, 5) is 4.17. The highest BCUT2D eigenvalue weighted by Crippen LogP contribution is 2.20. The second kappa shape index (κ2) is 5.60. The van der Waals surface area contributed by atoms with Gasteiger partial charge in [0.1, 0.15) is 0 Å². The quantitative estimate of drug-likeness (QED) is 0.731. The minimum Gasteiger partial charge on any atom is -0.477 e. The third kappa shape index (κ3) is 3.00. The van der Waals surface area contributed by atoms with E-state index >= 15 is 0 Å². The maximum atomic E-state index is 5.80. The van der Waals surface area contributed by atoms with Gasteiger partial charge in [0.2, 0.25) is 5.88 Å². The number of pyridine rings is 1. The molecule has 3 nitrogen and oxygen atoms in total. The van der Waals surface area contributed by atoms with Gasteiger partial charge in [0, 0.05) is 17.8 Å². The monoisotopic (exact) mass is 194 g/mol. The van der Waals surface area contributed by atoms with E-state index in [4.69, 9.17) is 10.5 Å². The van der Waals surface area contributed by atoms with Gasteiger partial charge in [0.25, 0.3) is 0 Å². The van der Waals surface area contributed by atoms with Crippen molar-refractivity contribution in [3.05, 3.63) is 23.9 Å². The van der Waals surface area contributed by atoms with Gasteiger partial charge in [-0.15, -0.1) is 0 Å². The maximum Gasteiger partial charge on any atom is 0.218 e. The number of ether oxygens (including phenoxy) is 1. The van der Waals surface area contributed by atoms with E-state index in [2.05, 4.69) is 11.9 Å². The van der Waals surface area contributed by atoms with Crippen LogP contribution in [0.2, 0.25) is 0 Å². The smallest absolute Gasteiger partial charge is 0.218 e. The molecule has 2 N–H and O–H groups in total. The first-order chi connectivity index (χ1) is 6.75. The van der Waals surface area contributed by atoms with Crippen molar-refractivity contribution in [2.45, 2.75) is 32.7 Å². The zero-order valence-corrected chi connectivity index (χ0v) is 8.86. The van der Waals surface area contributed by atoms with Crippen LogP contribution >= 0.6 is 0 Å². The van der Waals surface area contributed by atoms with E-state index in [1.54, 1.807) is 6.20 Å². The molecule has 14 heavy (non-hydrogen) atoms. The fourth-order valence-electron chi connectivity index (χ4n) is 1.18. The standard InChI is InChI=1S/C11H18N2O/c1-3-4-8-14-11-10(9(2)12)6-5-7-13-11/h5-7,9H,3-4,8,12H2,1-2H3/t9-/m0/s1. The predicted octanol–water partition coefficient (Wildman–Crippen LogP) is 2.28. The summed E-state index contributed by atoms with van der Waals surface area (Å²) in [6.45, 7) is 4.78. The third-order valence-electron chi connectivity index (χ3n) is 2.03. The zero-order chi connectivity index (χ0) is 10.4. The topological polar surface area (TPSA) is 48.1 Å². The summed E-state index contributed by atoms with van der Waals surface area (Å²) >= 11 is 0. The summed E-state index contributed by atoms with van der Waals surface area (Å²) in [5, 5.41) is 0. The molecule has 1 aromatic rings. The molecule has 0 radical (unpaired) electrons. The van der Waals surface area contributed by atoms with Crippen molar-refractivity contribution in [1.29, 1.82) is 0 Å². The SMILES string of the molecule is CCCCOc1ncccc1[C@H](C)N. The third-order valence-corrected chi connectivity index (χ3v) is 2.03. The normalized spacial score (nSPS) is 12.5. The van der Waals surface area contributed by atoms with Crippen molar-refractivity contribution >= 4 is 0 Å². The Labute approximate surface area is 85.3 Å². The molecule has 0 saturated carbocycles. The lowest BCUT2D eigenvalue weighted by molar-refractivity contribution is 0.293. The van der Waals surface area contributed by atoms with Crippen LogP contribution < -0.4 is 10.5 Å². The molecule has 1 atom stereocenters. The first-order valence-corrected chi connectivity index (χ1v) is 5.09. The Kier molecular flexibility index (Phi) is 4.40. The highest BCUT2D eigenvalue weighted by atomic mass is 16.5. The first kappa shape index (κ1) is 11.0. The Hall–Kier alpha value is -1.09. The van der Waals surface area contributed by atoms with E-state index < -0.39 is 0 Å². The molecule has 0 aliphatic heterocycles. The van der Waals surface area contributed by atoms with Gasteiger partial charge in [-0.25, -0.2) is 4.98 Å². The van der Waals surface area contributed by atoms with E-state index in [0.717, 1.165) is 18.4 Å². The molecule has 0 aliphatic carbocycles. The van der Waals surface area contributed by atoms with Gasteiger partial charge in [-0.1, -0.05) is 19.4 Å². The summed E-state index contributed by atoms with van der Waals surface area (Å²) in [5.41, 5.74) is 6.77. The average molecular weight is 194 g/mol. The number of hydrogen-bond donors (Lipinski definition) is 1. The molecular weight excluding hydrogens is 176 g/mol. The maximum absolute atomic E-state index is 5.80. The highest BCUT2D eigenvalue weighted by molar-refractivity contribution is 5.27. The van der Waals surface area contributed by atoms with Gasteiger partial charge in [-0.05, 0) is 19.4 Å². The van der Waals surface area contributed by atoms with Crippen LogP contribution in [0.3, 0.4) is 0 Å². The number of nitrogens with zero attached hydrogens (tertiary/aromatic N) is 1. The molecular formula is C11H18N2O. The lowest BCUT2D eigenvalue weighted by Crippen LogP contribution is -2.09. The summed E-state index contributed by atoms with van der Waals surface area (Å²) in [6, 6.07) is 3.81. The fourth-order valence-corrected chi connectivity index (χ4v) is 1.18. The van der Waals surface area contributed by atoms with Gasteiger partial charge in [-0.3, -0.25) is 0 Å². The van der Waals surface area contributed by atoms with Crippen molar-refractivity contribution in [3.63, 3.8) is 0 Å². The number of aromatic nitrogens is 1. The molecule has 1 heterocycles. The van der Waals surface area contributed by atoms with Crippen LogP contribution in [-0.4, -0.2) is 11.6 Å². The van der Waals surface area contributed by atoms with E-state index in [1.165, 1.54) is 0 Å². The minimum absolute atomic E-state index is 0.0275. The Bertz CT molecular complexity index is 274. The molecule has 3 heteroatoms. The molecule has 0 fully saturated rings. The molecule has 0 aliphatic rings. The molecule has 0 amide bonds. The van der Waals surface area contributed by atoms with E-state index in [-0.39, 0.29) is 6.04 Å². The van der Waals surface area contributed by atoms with Crippen molar-refractivity contribution in [3.8, 4) is 5.88 Å². The number of rotatable bonds is 5. The van der Waals surface area contributed by atoms with Gasteiger partial charge >= 0.3 is 0 Å². The van der Waals surface area contributed by atoms with E-state index in [9.17, 15) is 0 Å². The van der Waals surface area contributed by atoms with Crippen LogP contribution in [0.25, 0.3) is 0 Å². The van der Waals surface area contributed by atoms with Gasteiger partial charge in [-0.2, -0.15) is 0 Å². The van der Waals surface area contributed by atoms with Crippen LogP contribution in [0, 0.1) is 0 Å². The summed E-state index contributed by atoms with van der Waals surface area (Å²) in [6.07, 6.45) is 3.91. The zero-order valence-electron chi connectivity index (χ0n) is 8.86. The molecule has 0 bridgehead atoms. The second-order valence-corrected chi connectivity index (χ2v) is 3.39. The largest absolute Gasteiger partial charge is 0.477 e. The molecule has 78 valence electrons. The second-order valence-electron chi connectivity index (χ2n) is 3.39. The van der Waals surface area contributed by atoms with E-state index in [1.807, 2.05) is 19.1 Å². The summed E-state index contributed by atoms with van der Waals surface area (Å²) in [7, 11) is 0. The Balaban J connectivity index is 2.64. The highest BCUT2D eigenvalue weighted by Gasteiger charge is 2.07. The van der Waals surface area contributed by atoms with Gasteiger partial charge < -0.3 is 10.5 Å². The molecule has 0 unspecified atom stereocenters. The molecule has 1 aromatic heterocycles. The summed E-state index contributed by atoms with van der Waals surface area (Å²) < 4.78 is 5.55. The fraction of sp³-hybridized carbons (Fsp3) is 0.545. The molecule has 0 saturated heterocycles. The van der Waals surface area contributed by atoms with Crippen molar-refractivity contribution < 1.29 is 4.74 Å². The Morgan fingerprint density at radius 1 is 1.57 bits per heavy atom. The average Bonchev–Trinajstić information content (AvgIpc) is 2.19. The van der Waals surface area contributed by atoms with Crippen molar-refractivity contribution in [2.24, 2.45) is 5.73 Å². The number of hydrogen-bond acceptors (Lipinski definition) is 3. The predicted molar refractivity (Wildman–Crippen MR) is 57.2 cm³/mol. The van der Waals surface area contributed by atoms with Gasteiger partial charge in [0.05, 0.1) is 6.61 Å². The minimum atomic E-state index is -0.0275. The lowest BCUT2D eigenvalue weighted by Gasteiger charge is -2.11. The van der Waals surface area contributed by atoms with Crippen LogP contribution in [-0.2, 0) is 0 Å². The van der Waals surface area contributed by atoms with Crippen molar-refractivity contribution in [1.82, 2.24) is 4.98 Å². The number of nitrogens with two attached hydrogens (primary N) is 1. The van der Waals surface area contributed by atoms with Crippen LogP contribution in [0.1, 0.15) is 38.3 Å². The summed E-state index contributed by atoms with van der Waals surface area (Å²) in [5.74, 6) is 0.677. The van der Waals surface area contributed by atoms with Crippen LogP contribution in [0.5, 0.6) is 5.88 Å². The number of unbranched alkanes of at least 4 members (excludes halogenated alkanes) is 1. The van der Waals surface area contributed by atoms with E-state index in [0.29, 0.717) is 12.5 Å². The molecule has 0 aromatic carbocycles. The molecule has 1 rings (SSSR count). The molecule has 0 spiro atoms. The van der Waals surface area contributed by atoms with Crippen LogP contribution in [0.4, 0.5) is 0 Å².